The van der Waals surface area contributed by atoms with E-state index in [0.29, 0.717) is 23.4 Å². The van der Waals surface area contributed by atoms with Gasteiger partial charge in [-0.1, -0.05) is 6.92 Å². The number of hydrogen-bond acceptors (Lipinski definition) is 5. The molecule has 1 fully saturated rings. The van der Waals surface area contributed by atoms with Crippen LogP contribution in [0.5, 0.6) is 5.75 Å². The highest BCUT2D eigenvalue weighted by atomic mass is 16.5. The lowest BCUT2D eigenvalue weighted by Gasteiger charge is -2.35. The summed E-state index contributed by atoms with van der Waals surface area (Å²) in [5.41, 5.74) is 0.822. The Morgan fingerprint density at radius 3 is 2.62 bits per heavy atom. The average Bonchev–Trinajstić information content (AvgIpc) is 3.30. The molecule has 0 bridgehead atoms. The fourth-order valence-electron chi connectivity index (χ4n) is 3.82. The topological polar surface area (TPSA) is 80.1 Å². The van der Waals surface area contributed by atoms with Crippen LogP contribution < -0.4 is 9.64 Å². The Kier molecular flexibility index (Phi) is 5.38. The first-order chi connectivity index (χ1) is 14.1. The zero-order valence-electron chi connectivity index (χ0n) is 16.4. The third kappa shape index (κ3) is 3.77. The van der Waals surface area contributed by atoms with Crippen LogP contribution in [0.3, 0.4) is 0 Å². The van der Waals surface area contributed by atoms with Crippen molar-refractivity contribution in [2.45, 2.75) is 38.7 Å². The summed E-state index contributed by atoms with van der Waals surface area (Å²) in [4.78, 5) is 41.7. The Morgan fingerprint density at radius 2 is 1.93 bits per heavy atom. The molecule has 1 aromatic carbocycles. The molecule has 0 saturated carbocycles. The van der Waals surface area contributed by atoms with Gasteiger partial charge in [0.2, 0.25) is 11.7 Å². The molecule has 0 aliphatic carbocycles. The molecule has 0 spiro atoms. The van der Waals surface area contributed by atoms with E-state index in [1.54, 1.807) is 30.3 Å². The van der Waals surface area contributed by atoms with Crippen LogP contribution in [0.2, 0.25) is 0 Å². The van der Waals surface area contributed by atoms with Crippen LogP contribution in [0.1, 0.15) is 48.7 Å². The van der Waals surface area contributed by atoms with Crippen molar-refractivity contribution in [3.63, 3.8) is 0 Å². The van der Waals surface area contributed by atoms with Crippen molar-refractivity contribution in [1.82, 2.24) is 4.90 Å². The molecule has 1 saturated heterocycles. The van der Waals surface area contributed by atoms with Gasteiger partial charge in [0, 0.05) is 18.7 Å². The number of benzene rings is 1. The van der Waals surface area contributed by atoms with E-state index in [4.69, 9.17) is 9.15 Å². The monoisotopic (exact) mass is 396 g/mol. The summed E-state index contributed by atoms with van der Waals surface area (Å²) in [5, 5.41) is 0. The number of amides is 2. The zero-order chi connectivity index (χ0) is 20.4. The van der Waals surface area contributed by atoms with Gasteiger partial charge < -0.3 is 14.1 Å². The Bertz CT molecular complexity index is 915. The Hall–Kier alpha value is -3.09. The van der Waals surface area contributed by atoms with E-state index >= 15 is 0 Å². The number of rotatable bonds is 5. The normalized spacial score (nSPS) is 18.9. The van der Waals surface area contributed by atoms with Crippen molar-refractivity contribution >= 4 is 23.3 Å². The molecule has 29 heavy (non-hydrogen) atoms. The minimum atomic E-state index is -0.636. The van der Waals surface area contributed by atoms with Crippen molar-refractivity contribution in [3.8, 4) is 5.75 Å². The number of fused-ring (bicyclic) bond motifs is 1. The summed E-state index contributed by atoms with van der Waals surface area (Å²) < 4.78 is 11.0. The zero-order valence-corrected chi connectivity index (χ0v) is 16.4. The molecule has 3 heterocycles. The van der Waals surface area contributed by atoms with Crippen molar-refractivity contribution in [2.75, 3.05) is 24.5 Å². The summed E-state index contributed by atoms with van der Waals surface area (Å²) >= 11 is 0. The molecule has 0 radical (unpaired) electrons. The SMILES string of the molecule is CC[C@@H]1Oc2ccc(C(=O)c3ccco3)cc2N(CC(=O)N2CCCCC2)C1=O. The summed E-state index contributed by atoms with van der Waals surface area (Å²) in [6.07, 6.45) is 4.40. The van der Waals surface area contributed by atoms with E-state index in [1.807, 2.05) is 11.8 Å². The molecule has 2 amide bonds. The molecular weight excluding hydrogens is 372 g/mol. The number of furan rings is 1. The first-order valence-electron chi connectivity index (χ1n) is 10.1. The first-order valence-corrected chi connectivity index (χ1v) is 10.1. The maximum atomic E-state index is 13.0. The number of ether oxygens (including phenoxy) is 1. The maximum Gasteiger partial charge on any atom is 0.268 e. The third-order valence-electron chi connectivity index (χ3n) is 5.44. The number of likely N-dealkylation sites (tertiary alicyclic amines) is 1. The highest BCUT2D eigenvalue weighted by Crippen LogP contribution is 2.36. The number of nitrogens with zero attached hydrogens (tertiary/aromatic N) is 2. The lowest BCUT2D eigenvalue weighted by Crippen LogP contribution is -2.51. The van der Waals surface area contributed by atoms with E-state index in [-0.39, 0.29) is 29.9 Å². The highest BCUT2D eigenvalue weighted by Gasteiger charge is 2.36. The Labute approximate surface area is 169 Å². The molecule has 7 nitrogen and oxygen atoms in total. The first kappa shape index (κ1) is 19.2. The molecule has 1 atom stereocenters. The van der Waals surface area contributed by atoms with Gasteiger partial charge in [-0.2, -0.15) is 0 Å². The fourth-order valence-corrected chi connectivity index (χ4v) is 3.82. The molecule has 7 heteroatoms. The number of ketones is 1. The summed E-state index contributed by atoms with van der Waals surface area (Å²) in [7, 11) is 0. The predicted molar refractivity (Wildman–Crippen MR) is 106 cm³/mol. The van der Waals surface area contributed by atoms with Gasteiger partial charge in [-0.3, -0.25) is 19.3 Å². The van der Waals surface area contributed by atoms with E-state index in [0.717, 1.165) is 32.4 Å². The molecule has 1 aromatic heterocycles. The van der Waals surface area contributed by atoms with Crippen LogP contribution in [0, 0.1) is 0 Å². The summed E-state index contributed by atoms with van der Waals surface area (Å²) in [6, 6.07) is 8.17. The van der Waals surface area contributed by atoms with Crippen LogP contribution in [0.25, 0.3) is 0 Å². The van der Waals surface area contributed by atoms with Gasteiger partial charge in [-0.05, 0) is 56.0 Å². The van der Waals surface area contributed by atoms with E-state index in [1.165, 1.54) is 11.2 Å². The molecule has 4 rings (SSSR count). The largest absolute Gasteiger partial charge is 0.478 e. The smallest absolute Gasteiger partial charge is 0.268 e. The molecule has 2 aromatic rings. The summed E-state index contributed by atoms with van der Waals surface area (Å²) in [6.45, 7) is 3.26. The van der Waals surface area contributed by atoms with Gasteiger partial charge in [0.05, 0.1) is 12.0 Å². The third-order valence-corrected chi connectivity index (χ3v) is 5.44. The second-order valence-electron chi connectivity index (χ2n) is 7.37. The quantitative estimate of drug-likeness (QED) is 0.726. The fraction of sp³-hybridized carbons (Fsp3) is 0.409. The van der Waals surface area contributed by atoms with Crippen molar-refractivity contribution < 1.29 is 23.5 Å². The molecular formula is C22H24N2O5. The second-order valence-corrected chi connectivity index (χ2v) is 7.37. The van der Waals surface area contributed by atoms with E-state index < -0.39 is 6.10 Å². The highest BCUT2D eigenvalue weighted by molar-refractivity contribution is 6.10. The molecule has 0 N–H and O–H groups in total. The Balaban J connectivity index is 1.65. The number of hydrogen-bond donors (Lipinski definition) is 0. The average molecular weight is 396 g/mol. The van der Waals surface area contributed by atoms with Crippen LogP contribution in [0.4, 0.5) is 5.69 Å². The van der Waals surface area contributed by atoms with Crippen LogP contribution in [0.15, 0.2) is 41.0 Å². The van der Waals surface area contributed by atoms with Crippen molar-refractivity contribution in [3.05, 3.63) is 47.9 Å². The minimum Gasteiger partial charge on any atom is -0.478 e. The molecule has 0 unspecified atom stereocenters. The summed E-state index contributed by atoms with van der Waals surface area (Å²) in [5.74, 6) is 0.0934. The molecule has 2 aliphatic rings. The van der Waals surface area contributed by atoms with E-state index in [2.05, 4.69) is 0 Å². The molecule has 152 valence electrons. The van der Waals surface area contributed by atoms with Gasteiger partial charge >= 0.3 is 0 Å². The standard InChI is InChI=1S/C22H24N2O5/c1-2-17-22(27)24(14-20(25)23-10-4-3-5-11-23)16-13-15(8-9-18(16)29-17)21(26)19-7-6-12-28-19/h6-9,12-13,17H,2-5,10-11,14H2,1H3/t17-/m0/s1. The van der Waals surface area contributed by atoms with E-state index in [9.17, 15) is 14.4 Å². The maximum absolute atomic E-state index is 13.0. The lowest BCUT2D eigenvalue weighted by molar-refractivity contribution is -0.134. The number of anilines is 1. The van der Waals surface area contributed by atoms with Gasteiger partial charge in [0.25, 0.3) is 5.91 Å². The van der Waals surface area contributed by atoms with Gasteiger partial charge in [-0.25, -0.2) is 0 Å². The second kappa shape index (κ2) is 8.11. The van der Waals surface area contributed by atoms with Crippen molar-refractivity contribution in [2.24, 2.45) is 0 Å². The van der Waals surface area contributed by atoms with Gasteiger partial charge in [0.1, 0.15) is 12.3 Å². The van der Waals surface area contributed by atoms with Crippen LogP contribution >= 0.6 is 0 Å². The minimum absolute atomic E-state index is 0.0515. The van der Waals surface area contributed by atoms with Crippen molar-refractivity contribution in [1.29, 1.82) is 0 Å². The molecule has 2 aliphatic heterocycles. The van der Waals surface area contributed by atoms with Crippen LogP contribution in [-0.2, 0) is 9.59 Å². The van der Waals surface area contributed by atoms with Gasteiger partial charge in [-0.15, -0.1) is 0 Å². The number of carbonyl (C=O) groups is 3. The van der Waals surface area contributed by atoms with Gasteiger partial charge in [0.15, 0.2) is 11.9 Å². The number of carbonyl (C=O) groups excluding carboxylic acids is 3. The number of piperidine rings is 1. The predicted octanol–water partition coefficient (Wildman–Crippen LogP) is 3.03. The lowest BCUT2D eigenvalue weighted by atomic mass is 10.0. The Morgan fingerprint density at radius 1 is 1.14 bits per heavy atom. The van der Waals surface area contributed by atoms with Crippen LogP contribution in [-0.4, -0.2) is 48.2 Å².